The van der Waals surface area contributed by atoms with Crippen molar-refractivity contribution < 1.29 is 14.6 Å². The van der Waals surface area contributed by atoms with Gasteiger partial charge in [0.25, 0.3) is 0 Å². The van der Waals surface area contributed by atoms with Gasteiger partial charge in [-0.05, 0) is 23.8 Å². The molecule has 0 amide bonds. The van der Waals surface area contributed by atoms with Crippen molar-refractivity contribution >= 4 is 17.1 Å². The predicted octanol–water partition coefficient (Wildman–Crippen LogP) is 3.51. The van der Waals surface area contributed by atoms with Gasteiger partial charge >= 0.3 is 0 Å². The van der Waals surface area contributed by atoms with Gasteiger partial charge in [-0.3, -0.25) is 4.99 Å². The molecule has 0 aliphatic carbocycles. The molecule has 0 aliphatic rings. The predicted molar refractivity (Wildman–Crippen MR) is 90.8 cm³/mol. The van der Waals surface area contributed by atoms with Crippen LogP contribution in [0.15, 0.2) is 47.5 Å². The Morgan fingerprint density at radius 1 is 1.09 bits per heavy atom. The Balaban J connectivity index is 1.82. The van der Waals surface area contributed by atoms with Crippen molar-refractivity contribution in [2.24, 2.45) is 4.99 Å². The number of H-pyrrole nitrogens is 1. The highest BCUT2D eigenvalue weighted by Crippen LogP contribution is 2.28. The van der Waals surface area contributed by atoms with E-state index in [0.717, 1.165) is 16.5 Å². The van der Waals surface area contributed by atoms with E-state index in [0.29, 0.717) is 23.6 Å². The fourth-order valence-corrected chi connectivity index (χ4v) is 2.50. The van der Waals surface area contributed by atoms with Gasteiger partial charge in [-0.25, -0.2) is 0 Å². The molecule has 5 nitrogen and oxygen atoms in total. The number of para-hydroxylation sites is 1. The summed E-state index contributed by atoms with van der Waals surface area (Å²) in [5, 5.41) is 10.9. The molecule has 5 heteroatoms. The van der Waals surface area contributed by atoms with Gasteiger partial charge in [-0.1, -0.05) is 24.3 Å². The van der Waals surface area contributed by atoms with E-state index in [9.17, 15) is 5.11 Å². The smallest absolute Gasteiger partial charge is 0.198 e. The van der Waals surface area contributed by atoms with Crippen molar-refractivity contribution in [3.05, 3.63) is 53.6 Å². The average Bonchev–Trinajstić information content (AvgIpc) is 2.90. The van der Waals surface area contributed by atoms with Gasteiger partial charge in [0.1, 0.15) is 0 Å². The number of aromatic amines is 1. The van der Waals surface area contributed by atoms with Gasteiger partial charge in [-0.15, -0.1) is 0 Å². The second-order valence-electron chi connectivity index (χ2n) is 5.09. The number of aromatic hydroxyl groups is 1. The molecule has 1 aromatic heterocycles. The number of fused-ring (bicyclic) bond motifs is 1. The number of nitrogens with zero attached hydrogens (tertiary/aromatic N) is 1. The molecule has 23 heavy (non-hydrogen) atoms. The largest absolute Gasteiger partial charge is 0.494 e. The van der Waals surface area contributed by atoms with Crippen molar-refractivity contribution in [3.63, 3.8) is 0 Å². The number of ether oxygens (including phenoxy) is 2. The molecule has 2 N–H and O–H groups in total. The Morgan fingerprint density at radius 3 is 2.65 bits per heavy atom. The summed E-state index contributed by atoms with van der Waals surface area (Å²) in [5.41, 5.74) is 2.58. The standard InChI is InChI=1S/C18H18N2O3/c1-22-16-8-7-12(9-17(16)23-2)10-19-11-14-13-5-3-4-6-15(13)20-18(14)21/h3-9,11,20-21H,10H2,1-2H3. The third-order valence-corrected chi connectivity index (χ3v) is 3.67. The monoisotopic (exact) mass is 310 g/mol. The maximum atomic E-state index is 10.00. The molecule has 118 valence electrons. The van der Waals surface area contributed by atoms with Crippen molar-refractivity contribution in [1.82, 2.24) is 4.98 Å². The number of aromatic nitrogens is 1. The molecule has 2 aromatic carbocycles. The molecule has 3 rings (SSSR count). The molecule has 3 aromatic rings. The van der Waals surface area contributed by atoms with Gasteiger partial charge < -0.3 is 19.6 Å². The zero-order valence-corrected chi connectivity index (χ0v) is 13.0. The first kappa shape index (κ1) is 15.0. The summed E-state index contributed by atoms with van der Waals surface area (Å²) in [7, 11) is 3.21. The second-order valence-corrected chi connectivity index (χ2v) is 5.09. The number of methoxy groups -OCH3 is 2. The summed E-state index contributed by atoms with van der Waals surface area (Å²) in [5.74, 6) is 1.49. The quantitative estimate of drug-likeness (QED) is 0.709. The van der Waals surface area contributed by atoms with Crippen molar-refractivity contribution in [1.29, 1.82) is 0 Å². The molecule has 0 fully saturated rings. The van der Waals surface area contributed by atoms with Crippen molar-refractivity contribution in [2.75, 3.05) is 14.2 Å². The zero-order chi connectivity index (χ0) is 16.2. The topological polar surface area (TPSA) is 66.8 Å². The molecular formula is C18H18N2O3. The fourth-order valence-electron chi connectivity index (χ4n) is 2.50. The van der Waals surface area contributed by atoms with E-state index in [1.807, 2.05) is 42.5 Å². The zero-order valence-electron chi connectivity index (χ0n) is 13.0. The Kier molecular flexibility index (Phi) is 4.19. The lowest BCUT2D eigenvalue weighted by molar-refractivity contribution is 0.354. The molecule has 0 saturated heterocycles. The molecule has 0 saturated carbocycles. The summed E-state index contributed by atoms with van der Waals surface area (Å²) in [6.45, 7) is 0.485. The lowest BCUT2D eigenvalue weighted by Crippen LogP contribution is -1.92. The van der Waals surface area contributed by atoms with Crippen LogP contribution in [0.5, 0.6) is 17.4 Å². The lowest BCUT2D eigenvalue weighted by atomic mass is 10.2. The number of aliphatic imine (C=N–C) groups is 1. The maximum Gasteiger partial charge on any atom is 0.198 e. The van der Waals surface area contributed by atoms with Crippen LogP contribution >= 0.6 is 0 Å². The normalized spacial score (nSPS) is 11.2. The third kappa shape index (κ3) is 2.99. The number of hydrogen-bond acceptors (Lipinski definition) is 4. The summed E-state index contributed by atoms with van der Waals surface area (Å²) in [4.78, 5) is 7.36. The van der Waals surface area contributed by atoms with Gasteiger partial charge in [0.05, 0.1) is 26.3 Å². The molecule has 0 atom stereocenters. The number of benzene rings is 2. The van der Waals surface area contributed by atoms with E-state index in [1.165, 1.54) is 0 Å². The lowest BCUT2D eigenvalue weighted by Gasteiger charge is -2.08. The van der Waals surface area contributed by atoms with Crippen LogP contribution in [0.25, 0.3) is 10.9 Å². The number of hydrogen-bond donors (Lipinski definition) is 2. The Hall–Kier alpha value is -2.95. The van der Waals surface area contributed by atoms with Crippen LogP contribution in [0.1, 0.15) is 11.1 Å². The molecule has 0 unspecified atom stereocenters. The molecule has 0 aliphatic heterocycles. The molecule has 0 bridgehead atoms. The van der Waals surface area contributed by atoms with Gasteiger partial charge in [0, 0.05) is 17.1 Å². The van der Waals surface area contributed by atoms with Gasteiger partial charge in [-0.2, -0.15) is 0 Å². The minimum Gasteiger partial charge on any atom is -0.494 e. The molecule has 0 radical (unpaired) electrons. The highest BCUT2D eigenvalue weighted by atomic mass is 16.5. The van der Waals surface area contributed by atoms with E-state index in [-0.39, 0.29) is 5.88 Å². The highest BCUT2D eigenvalue weighted by Gasteiger charge is 2.08. The van der Waals surface area contributed by atoms with Gasteiger partial charge in [0.15, 0.2) is 17.4 Å². The van der Waals surface area contributed by atoms with E-state index >= 15 is 0 Å². The molecule has 1 heterocycles. The maximum absolute atomic E-state index is 10.00. The Bertz CT molecular complexity index is 853. The van der Waals surface area contributed by atoms with E-state index < -0.39 is 0 Å². The minimum atomic E-state index is 0.127. The fraction of sp³-hybridized carbons (Fsp3) is 0.167. The van der Waals surface area contributed by atoms with Crippen molar-refractivity contribution in [2.45, 2.75) is 6.54 Å². The van der Waals surface area contributed by atoms with Crippen LogP contribution in [0.3, 0.4) is 0 Å². The molecule has 0 spiro atoms. The summed E-state index contributed by atoms with van der Waals surface area (Å²) in [6, 6.07) is 13.4. The van der Waals surface area contributed by atoms with Crippen LogP contribution in [0.2, 0.25) is 0 Å². The number of nitrogens with one attached hydrogen (secondary N) is 1. The van der Waals surface area contributed by atoms with E-state index in [4.69, 9.17) is 9.47 Å². The van der Waals surface area contributed by atoms with E-state index in [2.05, 4.69) is 9.98 Å². The average molecular weight is 310 g/mol. The third-order valence-electron chi connectivity index (χ3n) is 3.67. The van der Waals surface area contributed by atoms with Crippen LogP contribution in [-0.2, 0) is 6.54 Å². The van der Waals surface area contributed by atoms with Crippen LogP contribution in [0.4, 0.5) is 0 Å². The number of rotatable bonds is 5. The first-order chi connectivity index (χ1) is 11.2. The van der Waals surface area contributed by atoms with Crippen molar-refractivity contribution in [3.8, 4) is 17.4 Å². The van der Waals surface area contributed by atoms with Crippen LogP contribution in [0, 0.1) is 0 Å². The van der Waals surface area contributed by atoms with E-state index in [1.54, 1.807) is 20.4 Å². The van der Waals surface area contributed by atoms with Gasteiger partial charge in [0.2, 0.25) is 0 Å². The first-order valence-corrected chi connectivity index (χ1v) is 7.23. The summed E-state index contributed by atoms with van der Waals surface area (Å²) < 4.78 is 10.5. The molecular weight excluding hydrogens is 292 g/mol. The van der Waals surface area contributed by atoms with Crippen LogP contribution in [-0.4, -0.2) is 30.5 Å². The summed E-state index contributed by atoms with van der Waals surface area (Å²) >= 11 is 0. The second kappa shape index (κ2) is 6.44. The van der Waals surface area contributed by atoms with Crippen LogP contribution < -0.4 is 9.47 Å². The highest BCUT2D eigenvalue weighted by molar-refractivity contribution is 6.01. The minimum absolute atomic E-state index is 0.127. The Morgan fingerprint density at radius 2 is 1.87 bits per heavy atom. The summed E-state index contributed by atoms with van der Waals surface area (Å²) in [6.07, 6.45) is 1.69. The SMILES string of the molecule is COc1ccc(CN=Cc2c(O)[nH]c3ccccc23)cc1OC. The first-order valence-electron chi connectivity index (χ1n) is 7.23. The Labute approximate surface area is 134 Å².